The van der Waals surface area contributed by atoms with E-state index in [-0.39, 0.29) is 11.7 Å². The second-order valence-electron chi connectivity index (χ2n) is 6.44. The van der Waals surface area contributed by atoms with Crippen LogP contribution in [0.4, 0.5) is 4.39 Å². The Bertz CT molecular complexity index is 1110. The van der Waals surface area contributed by atoms with Crippen molar-refractivity contribution in [1.29, 1.82) is 0 Å². The van der Waals surface area contributed by atoms with Crippen molar-refractivity contribution in [1.82, 2.24) is 19.9 Å². The molecule has 0 aliphatic heterocycles. The SMILES string of the molecule is O=C(NCCc1nc2ccccc2n1Cc1ccccc1F)c1cccnc1. The van der Waals surface area contributed by atoms with Crippen molar-refractivity contribution in [3.63, 3.8) is 0 Å². The number of para-hydroxylation sites is 2. The van der Waals surface area contributed by atoms with Crippen LogP contribution in [0.1, 0.15) is 21.7 Å². The summed E-state index contributed by atoms with van der Waals surface area (Å²) in [6.45, 7) is 0.813. The zero-order valence-corrected chi connectivity index (χ0v) is 15.2. The standard InChI is InChI=1S/C22H19FN4O/c23-18-8-2-1-6-17(18)15-27-20-10-4-3-9-19(20)26-21(27)11-13-25-22(28)16-7-5-12-24-14-16/h1-10,12,14H,11,13,15H2,(H,25,28). The Balaban J connectivity index is 1.55. The summed E-state index contributed by atoms with van der Waals surface area (Å²) in [5.74, 6) is 0.386. The van der Waals surface area contributed by atoms with Gasteiger partial charge in [0.1, 0.15) is 11.6 Å². The molecule has 140 valence electrons. The Labute approximate surface area is 161 Å². The van der Waals surface area contributed by atoms with Crippen molar-refractivity contribution in [2.45, 2.75) is 13.0 Å². The molecule has 0 aliphatic carbocycles. The molecule has 6 heteroatoms. The lowest BCUT2D eigenvalue weighted by atomic mass is 10.2. The highest BCUT2D eigenvalue weighted by molar-refractivity contribution is 5.93. The molecule has 1 N–H and O–H groups in total. The molecule has 0 atom stereocenters. The maximum atomic E-state index is 14.2. The van der Waals surface area contributed by atoms with Crippen molar-refractivity contribution in [2.75, 3.05) is 6.54 Å². The van der Waals surface area contributed by atoms with Gasteiger partial charge in [-0.05, 0) is 30.3 Å². The summed E-state index contributed by atoms with van der Waals surface area (Å²) in [5, 5.41) is 2.89. The molecule has 4 rings (SSSR count). The summed E-state index contributed by atoms with van der Waals surface area (Å²) >= 11 is 0. The number of nitrogens with one attached hydrogen (secondary N) is 1. The number of hydrogen-bond donors (Lipinski definition) is 1. The highest BCUT2D eigenvalue weighted by Crippen LogP contribution is 2.19. The Morgan fingerprint density at radius 1 is 1.04 bits per heavy atom. The minimum absolute atomic E-state index is 0.176. The second kappa shape index (κ2) is 8.00. The number of carbonyl (C=O) groups is 1. The van der Waals surface area contributed by atoms with Crippen LogP contribution in [0.2, 0.25) is 0 Å². The lowest BCUT2D eigenvalue weighted by molar-refractivity contribution is 0.0953. The van der Waals surface area contributed by atoms with Crippen molar-refractivity contribution in [2.24, 2.45) is 0 Å². The molecule has 2 aromatic carbocycles. The first-order valence-electron chi connectivity index (χ1n) is 9.08. The van der Waals surface area contributed by atoms with Gasteiger partial charge in [0, 0.05) is 30.9 Å². The second-order valence-corrected chi connectivity index (χ2v) is 6.44. The molecule has 0 unspecified atom stereocenters. The minimum atomic E-state index is -0.240. The van der Waals surface area contributed by atoms with Crippen LogP contribution in [0.3, 0.4) is 0 Å². The van der Waals surface area contributed by atoms with Gasteiger partial charge in [0.2, 0.25) is 0 Å². The first-order chi connectivity index (χ1) is 13.7. The van der Waals surface area contributed by atoms with Crippen LogP contribution in [0.5, 0.6) is 0 Å². The summed E-state index contributed by atoms with van der Waals surface area (Å²) in [6.07, 6.45) is 3.69. The fourth-order valence-corrected chi connectivity index (χ4v) is 3.18. The Hall–Kier alpha value is -3.54. The molecular formula is C22H19FN4O. The van der Waals surface area contributed by atoms with Gasteiger partial charge in [-0.2, -0.15) is 0 Å². The van der Waals surface area contributed by atoms with Crippen LogP contribution in [0.25, 0.3) is 11.0 Å². The third-order valence-corrected chi connectivity index (χ3v) is 4.58. The molecule has 1 amide bonds. The predicted molar refractivity (Wildman–Crippen MR) is 106 cm³/mol. The number of halogens is 1. The molecule has 4 aromatic rings. The van der Waals surface area contributed by atoms with Gasteiger partial charge in [0.15, 0.2) is 0 Å². The highest BCUT2D eigenvalue weighted by Gasteiger charge is 2.13. The molecule has 0 bridgehead atoms. The summed E-state index contributed by atoms with van der Waals surface area (Å²) in [4.78, 5) is 20.8. The van der Waals surface area contributed by atoms with Crippen molar-refractivity contribution >= 4 is 16.9 Å². The number of fused-ring (bicyclic) bond motifs is 1. The first kappa shape index (κ1) is 17.9. The van der Waals surface area contributed by atoms with E-state index >= 15 is 0 Å². The number of hydrogen-bond acceptors (Lipinski definition) is 3. The van der Waals surface area contributed by atoms with Crippen LogP contribution in [-0.4, -0.2) is 27.0 Å². The zero-order chi connectivity index (χ0) is 19.3. The monoisotopic (exact) mass is 374 g/mol. The fraction of sp³-hybridized carbons (Fsp3) is 0.136. The Morgan fingerprint density at radius 3 is 2.68 bits per heavy atom. The number of carbonyl (C=O) groups excluding carboxylic acids is 1. The van der Waals surface area contributed by atoms with Crippen LogP contribution >= 0.6 is 0 Å². The molecule has 0 fully saturated rings. The number of rotatable bonds is 6. The Morgan fingerprint density at radius 2 is 1.86 bits per heavy atom. The Kier molecular flexibility index (Phi) is 5.10. The van der Waals surface area contributed by atoms with E-state index in [0.29, 0.717) is 30.6 Å². The summed E-state index contributed by atoms with van der Waals surface area (Å²) < 4.78 is 16.2. The first-order valence-corrected chi connectivity index (χ1v) is 9.08. The predicted octanol–water partition coefficient (Wildman–Crippen LogP) is 3.59. The van der Waals surface area contributed by atoms with Crippen LogP contribution in [0, 0.1) is 5.82 Å². The van der Waals surface area contributed by atoms with E-state index in [9.17, 15) is 9.18 Å². The van der Waals surface area contributed by atoms with Crippen LogP contribution < -0.4 is 5.32 Å². The minimum Gasteiger partial charge on any atom is -0.352 e. The van der Waals surface area contributed by atoms with Crippen molar-refractivity contribution < 1.29 is 9.18 Å². The molecule has 2 heterocycles. The van der Waals surface area contributed by atoms with Crippen LogP contribution in [0.15, 0.2) is 73.1 Å². The van der Waals surface area contributed by atoms with E-state index in [1.165, 1.54) is 12.3 Å². The quantitative estimate of drug-likeness (QED) is 0.561. The average molecular weight is 374 g/mol. The molecule has 2 aromatic heterocycles. The van der Waals surface area contributed by atoms with Crippen molar-refractivity contribution in [3.8, 4) is 0 Å². The largest absolute Gasteiger partial charge is 0.352 e. The number of nitrogens with zero attached hydrogens (tertiary/aromatic N) is 3. The lowest BCUT2D eigenvalue weighted by Gasteiger charge is -2.11. The van der Waals surface area contributed by atoms with E-state index in [1.54, 1.807) is 30.5 Å². The van der Waals surface area contributed by atoms with E-state index in [2.05, 4.69) is 15.3 Å². The van der Waals surface area contributed by atoms with Gasteiger partial charge in [0.25, 0.3) is 5.91 Å². The van der Waals surface area contributed by atoms with Gasteiger partial charge in [-0.15, -0.1) is 0 Å². The van der Waals surface area contributed by atoms with E-state index in [0.717, 1.165) is 16.9 Å². The maximum Gasteiger partial charge on any atom is 0.252 e. The molecular weight excluding hydrogens is 355 g/mol. The number of benzene rings is 2. The normalized spacial score (nSPS) is 10.9. The smallest absolute Gasteiger partial charge is 0.252 e. The van der Waals surface area contributed by atoms with Crippen molar-refractivity contribution in [3.05, 3.63) is 95.8 Å². The number of imidazole rings is 1. The van der Waals surface area contributed by atoms with Gasteiger partial charge in [-0.3, -0.25) is 9.78 Å². The van der Waals surface area contributed by atoms with Gasteiger partial charge >= 0.3 is 0 Å². The van der Waals surface area contributed by atoms with Gasteiger partial charge in [-0.25, -0.2) is 9.37 Å². The summed E-state index contributed by atoms with van der Waals surface area (Å²) in [5.41, 5.74) is 2.92. The summed E-state index contributed by atoms with van der Waals surface area (Å²) in [7, 11) is 0. The number of amides is 1. The lowest BCUT2D eigenvalue weighted by Crippen LogP contribution is -2.26. The van der Waals surface area contributed by atoms with Crippen LogP contribution in [-0.2, 0) is 13.0 Å². The molecule has 0 saturated carbocycles. The highest BCUT2D eigenvalue weighted by atomic mass is 19.1. The molecule has 28 heavy (non-hydrogen) atoms. The van der Waals surface area contributed by atoms with Gasteiger partial charge < -0.3 is 9.88 Å². The van der Waals surface area contributed by atoms with E-state index in [4.69, 9.17) is 0 Å². The maximum absolute atomic E-state index is 14.2. The fourth-order valence-electron chi connectivity index (χ4n) is 3.18. The molecule has 0 radical (unpaired) electrons. The molecule has 5 nitrogen and oxygen atoms in total. The molecule has 0 spiro atoms. The number of aromatic nitrogens is 3. The van der Waals surface area contributed by atoms with Gasteiger partial charge in [0.05, 0.1) is 23.1 Å². The van der Waals surface area contributed by atoms with Gasteiger partial charge in [-0.1, -0.05) is 30.3 Å². The van der Waals surface area contributed by atoms with E-state index < -0.39 is 0 Å². The summed E-state index contributed by atoms with van der Waals surface area (Å²) in [6, 6.07) is 18.0. The molecule has 0 aliphatic rings. The third kappa shape index (κ3) is 3.76. The third-order valence-electron chi connectivity index (χ3n) is 4.58. The average Bonchev–Trinajstić information content (AvgIpc) is 3.08. The number of pyridine rings is 1. The topological polar surface area (TPSA) is 59.8 Å². The van der Waals surface area contributed by atoms with E-state index in [1.807, 2.05) is 34.9 Å². The molecule has 0 saturated heterocycles. The zero-order valence-electron chi connectivity index (χ0n) is 15.2.